The van der Waals surface area contributed by atoms with Crippen LogP contribution < -0.4 is 0 Å². The molecule has 0 spiro atoms. The fraction of sp³-hybridized carbons (Fsp3) is 0.786. The zero-order valence-electron chi connectivity index (χ0n) is 11.1. The minimum absolute atomic E-state index is 0.0113. The quantitative estimate of drug-likeness (QED) is 0.547. The Kier molecular flexibility index (Phi) is 5.69. The van der Waals surface area contributed by atoms with Gasteiger partial charge in [-0.05, 0) is 31.6 Å². The summed E-state index contributed by atoms with van der Waals surface area (Å²) in [6.45, 7) is 10.4. The fourth-order valence-corrected chi connectivity index (χ4v) is 2.38. The van der Waals surface area contributed by atoms with Crippen molar-refractivity contribution in [1.82, 2.24) is 0 Å². The molecular formula is C14H24O3. The first-order valence-corrected chi connectivity index (χ1v) is 6.50. The first-order valence-electron chi connectivity index (χ1n) is 6.50. The number of carbonyl (C=O) groups is 1. The molecule has 0 aliphatic carbocycles. The molecule has 4 atom stereocenters. The van der Waals surface area contributed by atoms with Gasteiger partial charge in [0.1, 0.15) is 0 Å². The topological polar surface area (TPSA) is 35.5 Å². The van der Waals surface area contributed by atoms with E-state index in [1.165, 1.54) is 0 Å². The second kappa shape index (κ2) is 6.80. The maximum atomic E-state index is 11.5. The van der Waals surface area contributed by atoms with Crippen LogP contribution >= 0.6 is 0 Å². The molecule has 0 radical (unpaired) electrons. The van der Waals surface area contributed by atoms with Gasteiger partial charge in [0.25, 0.3) is 0 Å². The molecular weight excluding hydrogens is 216 g/mol. The van der Waals surface area contributed by atoms with Gasteiger partial charge in [0.15, 0.2) is 0 Å². The van der Waals surface area contributed by atoms with E-state index in [-0.39, 0.29) is 18.2 Å². The van der Waals surface area contributed by atoms with Gasteiger partial charge in [-0.1, -0.05) is 19.9 Å². The Morgan fingerprint density at radius 3 is 2.82 bits per heavy atom. The number of ether oxygens (including phenoxy) is 2. The summed E-state index contributed by atoms with van der Waals surface area (Å²) in [6, 6.07) is 0. The number of hydrogen-bond donors (Lipinski definition) is 0. The molecule has 3 nitrogen and oxygen atoms in total. The molecule has 0 bridgehead atoms. The van der Waals surface area contributed by atoms with Crippen molar-refractivity contribution >= 4 is 5.97 Å². The molecule has 98 valence electrons. The molecule has 1 fully saturated rings. The van der Waals surface area contributed by atoms with E-state index >= 15 is 0 Å². The number of hydrogen-bond acceptors (Lipinski definition) is 3. The lowest BCUT2D eigenvalue weighted by Crippen LogP contribution is -2.40. The molecule has 1 aliphatic rings. The lowest BCUT2D eigenvalue weighted by atomic mass is 9.82. The van der Waals surface area contributed by atoms with Gasteiger partial charge in [0.05, 0.1) is 25.2 Å². The lowest BCUT2D eigenvalue weighted by molar-refractivity contribution is -0.154. The van der Waals surface area contributed by atoms with Crippen LogP contribution in [-0.2, 0) is 14.3 Å². The maximum Gasteiger partial charge on any atom is 0.308 e. The van der Waals surface area contributed by atoms with E-state index in [4.69, 9.17) is 9.47 Å². The molecule has 0 N–H and O–H groups in total. The Bertz CT molecular complexity index is 262. The van der Waals surface area contributed by atoms with Crippen LogP contribution in [0.1, 0.15) is 40.0 Å². The summed E-state index contributed by atoms with van der Waals surface area (Å²) in [5.74, 6) is 0.824. The van der Waals surface area contributed by atoms with Crippen molar-refractivity contribution in [3.8, 4) is 0 Å². The Morgan fingerprint density at radius 1 is 1.53 bits per heavy atom. The smallest absolute Gasteiger partial charge is 0.308 e. The zero-order valence-corrected chi connectivity index (χ0v) is 11.1. The molecule has 17 heavy (non-hydrogen) atoms. The van der Waals surface area contributed by atoms with E-state index in [2.05, 4.69) is 20.4 Å². The minimum Gasteiger partial charge on any atom is -0.466 e. The summed E-state index contributed by atoms with van der Waals surface area (Å²) >= 11 is 0. The number of esters is 1. The van der Waals surface area contributed by atoms with E-state index < -0.39 is 0 Å². The van der Waals surface area contributed by atoms with Gasteiger partial charge in [-0.3, -0.25) is 4.79 Å². The molecule has 0 aromatic heterocycles. The van der Waals surface area contributed by atoms with Crippen molar-refractivity contribution in [2.24, 2.45) is 11.8 Å². The second-order valence-corrected chi connectivity index (χ2v) is 4.90. The minimum atomic E-state index is -0.157. The molecule has 1 heterocycles. The van der Waals surface area contributed by atoms with Gasteiger partial charge in [0.2, 0.25) is 0 Å². The van der Waals surface area contributed by atoms with Crippen LogP contribution in [0.2, 0.25) is 0 Å². The third-order valence-electron chi connectivity index (χ3n) is 3.59. The summed E-state index contributed by atoms with van der Waals surface area (Å²) in [6.07, 6.45) is 4.35. The number of rotatable bonds is 5. The average molecular weight is 240 g/mol. The standard InChI is InChI=1S/C14H24O3/c1-5-7-12-8-10(3)11(4)13(17-12)9-14(15)16-6-2/h5,10-13H,1,6-9H2,2-4H3/t10-,11+,12+,13-/m0/s1. The van der Waals surface area contributed by atoms with Crippen LogP contribution in [-0.4, -0.2) is 24.8 Å². The van der Waals surface area contributed by atoms with Crippen LogP contribution in [0.3, 0.4) is 0 Å². The highest BCUT2D eigenvalue weighted by molar-refractivity contribution is 5.70. The highest BCUT2D eigenvalue weighted by Crippen LogP contribution is 2.33. The third kappa shape index (κ3) is 4.15. The van der Waals surface area contributed by atoms with Crippen molar-refractivity contribution < 1.29 is 14.3 Å². The van der Waals surface area contributed by atoms with Gasteiger partial charge in [-0.15, -0.1) is 6.58 Å². The fourth-order valence-electron chi connectivity index (χ4n) is 2.38. The Labute approximate surface area is 104 Å². The van der Waals surface area contributed by atoms with Gasteiger partial charge in [0, 0.05) is 0 Å². The predicted octanol–water partition coefficient (Wildman–Crippen LogP) is 2.95. The van der Waals surface area contributed by atoms with Crippen LogP contribution in [0.4, 0.5) is 0 Å². The lowest BCUT2D eigenvalue weighted by Gasteiger charge is -2.38. The van der Waals surface area contributed by atoms with Gasteiger partial charge in [-0.2, -0.15) is 0 Å². The van der Waals surface area contributed by atoms with Gasteiger partial charge < -0.3 is 9.47 Å². The molecule has 1 aliphatic heterocycles. The van der Waals surface area contributed by atoms with Gasteiger partial charge >= 0.3 is 5.97 Å². The molecule has 1 saturated heterocycles. The highest BCUT2D eigenvalue weighted by Gasteiger charge is 2.34. The van der Waals surface area contributed by atoms with Crippen molar-refractivity contribution in [1.29, 1.82) is 0 Å². The van der Waals surface area contributed by atoms with E-state index in [0.29, 0.717) is 24.9 Å². The van der Waals surface area contributed by atoms with Crippen LogP contribution in [0, 0.1) is 11.8 Å². The summed E-state index contributed by atoms with van der Waals surface area (Å²) < 4.78 is 10.9. The molecule has 3 heteroatoms. The van der Waals surface area contributed by atoms with E-state index in [9.17, 15) is 4.79 Å². The maximum absolute atomic E-state index is 11.5. The van der Waals surface area contributed by atoms with Crippen molar-refractivity contribution in [2.45, 2.75) is 52.2 Å². The van der Waals surface area contributed by atoms with Crippen molar-refractivity contribution in [3.63, 3.8) is 0 Å². The van der Waals surface area contributed by atoms with Crippen molar-refractivity contribution in [3.05, 3.63) is 12.7 Å². The SMILES string of the molecule is C=CC[C@@H]1C[C@H](C)[C@@H](C)[C@H](CC(=O)OCC)O1. The van der Waals surface area contributed by atoms with Crippen LogP contribution in [0.15, 0.2) is 12.7 Å². The number of carbonyl (C=O) groups excluding carboxylic acids is 1. The van der Waals surface area contributed by atoms with Crippen molar-refractivity contribution in [2.75, 3.05) is 6.61 Å². The Morgan fingerprint density at radius 2 is 2.24 bits per heavy atom. The Balaban J connectivity index is 2.55. The third-order valence-corrected chi connectivity index (χ3v) is 3.59. The first-order chi connectivity index (χ1) is 8.08. The van der Waals surface area contributed by atoms with Crippen LogP contribution in [0.25, 0.3) is 0 Å². The first kappa shape index (κ1) is 14.2. The summed E-state index contributed by atoms with van der Waals surface area (Å²) in [5, 5.41) is 0. The van der Waals surface area contributed by atoms with E-state index in [0.717, 1.165) is 12.8 Å². The van der Waals surface area contributed by atoms with E-state index in [1.807, 2.05) is 13.0 Å². The molecule has 0 saturated carbocycles. The largest absolute Gasteiger partial charge is 0.466 e. The summed E-state index contributed by atoms with van der Waals surface area (Å²) in [4.78, 5) is 11.5. The molecule has 0 amide bonds. The normalized spacial score (nSPS) is 33.1. The Hall–Kier alpha value is -0.830. The molecule has 0 aromatic rings. The monoisotopic (exact) mass is 240 g/mol. The zero-order chi connectivity index (χ0) is 12.8. The average Bonchev–Trinajstić information content (AvgIpc) is 2.26. The van der Waals surface area contributed by atoms with Crippen LogP contribution in [0.5, 0.6) is 0 Å². The van der Waals surface area contributed by atoms with Gasteiger partial charge in [-0.25, -0.2) is 0 Å². The predicted molar refractivity (Wildman–Crippen MR) is 67.7 cm³/mol. The second-order valence-electron chi connectivity index (χ2n) is 4.90. The summed E-state index contributed by atoms with van der Waals surface area (Å²) in [5.41, 5.74) is 0. The molecule has 0 aromatic carbocycles. The highest BCUT2D eigenvalue weighted by atomic mass is 16.5. The summed E-state index contributed by atoms with van der Waals surface area (Å²) in [7, 11) is 0. The molecule has 0 unspecified atom stereocenters. The van der Waals surface area contributed by atoms with E-state index in [1.54, 1.807) is 0 Å². The molecule has 1 rings (SSSR count).